The molecule has 6 heteroatoms. The van der Waals surface area contributed by atoms with Crippen LogP contribution >= 0.6 is 0 Å². The second kappa shape index (κ2) is 6.66. The maximum Gasteiger partial charge on any atom is 0.194 e. The molecule has 2 saturated heterocycles. The molecule has 0 bridgehead atoms. The molecule has 2 aliphatic carbocycles. The Hall–Kier alpha value is -1.82. The molecule has 4 fully saturated rings. The van der Waals surface area contributed by atoms with Crippen molar-refractivity contribution in [3.05, 3.63) is 30.1 Å². The average Bonchev–Trinajstić information content (AvgIpc) is 3.07. The van der Waals surface area contributed by atoms with Gasteiger partial charge < -0.3 is 19.9 Å². The topological polar surface area (TPSA) is 40.1 Å². The Balaban J connectivity index is 1.23. The lowest BCUT2D eigenvalue weighted by Gasteiger charge is -2.63. The number of benzene rings is 1. The van der Waals surface area contributed by atoms with Gasteiger partial charge in [0.2, 0.25) is 0 Å². The van der Waals surface area contributed by atoms with Crippen molar-refractivity contribution >= 4 is 11.6 Å². The van der Waals surface area contributed by atoms with Crippen LogP contribution in [0.1, 0.15) is 25.7 Å². The highest BCUT2D eigenvalue weighted by molar-refractivity contribution is 5.81. The van der Waals surface area contributed by atoms with E-state index in [0.717, 1.165) is 38.7 Å². The number of nitrogens with one attached hydrogen (secondary N) is 1. The summed E-state index contributed by atoms with van der Waals surface area (Å²) >= 11 is 0. The van der Waals surface area contributed by atoms with Crippen LogP contribution in [-0.4, -0.2) is 62.8 Å². The lowest BCUT2D eigenvalue weighted by atomic mass is 9.46. The first-order valence-corrected chi connectivity index (χ1v) is 10.3. The van der Waals surface area contributed by atoms with Gasteiger partial charge in [0.15, 0.2) is 5.96 Å². The standard InChI is InChI=1S/C21H29FN4O/c1-23-20(24-18-15-7-14-27-19(15)21(18)8-4-9-21)26-12-10-25(11-13-26)17-6-3-2-5-16(17)22/h2-3,5-6,15,18-19H,4,7-14H2,1H3,(H,23,24). The summed E-state index contributed by atoms with van der Waals surface area (Å²) < 4.78 is 20.1. The van der Waals surface area contributed by atoms with E-state index < -0.39 is 0 Å². The summed E-state index contributed by atoms with van der Waals surface area (Å²) in [7, 11) is 1.88. The van der Waals surface area contributed by atoms with Crippen molar-refractivity contribution in [3.63, 3.8) is 0 Å². The second-order valence-corrected chi connectivity index (χ2v) is 8.43. The molecule has 5 rings (SSSR count). The highest BCUT2D eigenvalue weighted by Crippen LogP contribution is 2.62. The van der Waals surface area contributed by atoms with Gasteiger partial charge >= 0.3 is 0 Å². The molecule has 1 aromatic rings. The van der Waals surface area contributed by atoms with Crippen LogP contribution in [0.5, 0.6) is 0 Å². The van der Waals surface area contributed by atoms with Crippen LogP contribution in [0.25, 0.3) is 0 Å². The fraction of sp³-hybridized carbons (Fsp3) is 0.667. The summed E-state index contributed by atoms with van der Waals surface area (Å²) in [5.41, 5.74) is 1.06. The van der Waals surface area contributed by atoms with Crippen molar-refractivity contribution in [2.75, 3.05) is 44.7 Å². The van der Waals surface area contributed by atoms with Crippen molar-refractivity contribution in [2.45, 2.75) is 37.8 Å². The van der Waals surface area contributed by atoms with Crippen LogP contribution in [-0.2, 0) is 4.74 Å². The van der Waals surface area contributed by atoms with E-state index in [2.05, 4.69) is 20.1 Å². The smallest absolute Gasteiger partial charge is 0.194 e. The average molecular weight is 372 g/mol. The molecule has 4 aliphatic rings. The van der Waals surface area contributed by atoms with E-state index in [9.17, 15) is 4.39 Å². The van der Waals surface area contributed by atoms with Gasteiger partial charge in [-0.2, -0.15) is 0 Å². The van der Waals surface area contributed by atoms with Crippen LogP contribution < -0.4 is 10.2 Å². The Morgan fingerprint density at radius 3 is 2.67 bits per heavy atom. The molecule has 0 amide bonds. The SMILES string of the molecule is CN=C(NC1C2CCOC2C12CCC2)N1CCN(c2ccccc2F)CC1. The number of aliphatic imine (C=N–C) groups is 1. The first-order valence-electron chi connectivity index (χ1n) is 10.3. The predicted octanol–water partition coefficient (Wildman–Crippen LogP) is 2.48. The molecule has 2 heterocycles. The van der Waals surface area contributed by atoms with Crippen molar-refractivity contribution in [1.82, 2.24) is 10.2 Å². The summed E-state index contributed by atoms with van der Waals surface area (Å²) in [5, 5.41) is 3.81. The lowest BCUT2D eigenvalue weighted by molar-refractivity contribution is -0.171. The third-order valence-corrected chi connectivity index (χ3v) is 7.30. The molecule has 3 unspecified atom stereocenters. The van der Waals surface area contributed by atoms with E-state index in [1.54, 1.807) is 6.07 Å². The number of nitrogens with zero attached hydrogens (tertiary/aromatic N) is 3. The van der Waals surface area contributed by atoms with Crippen LogP contribution in [0.15, 0.2) is 29.3 Å². The van der Waals surface area contributed by atoms with Gasteiger partial charge in [0.25, 0.3) is 0 Å². The van der Waals surface area contributed by atoms with Crippen molar-refractivity contribution < 1.29 is 9.13 Å². The van der Waals surface area contributed by atoms with Gasteiger partial charge in [-0.05, 0) is 31.4 Å². The number of piperazine rings is 1. The highest BCUT2D eigenvalue weighted by Gasteiger charge is 2.66. The molecule has 1 aromatic carbocycles. The van der Waals surface area contributed by atoms with Gasteiger partial charge in [0.05, 0.1) is 11.8 Å². The number of guanidine groups is 1. The Labute approximate surface area is 160 Å². The van der Waals surface area contributed by atoms with Crippen molar-refractivity contribution in [1.29, 1.82) is 0 Å². The summed E-state index contributed by atoms with van der Waals surface area (Å²) in [6.45, 7) is 4.25. The summed E-state index contributed by atoms with van der Waals surface area (Å²) in [6.07, 6.45) is 5.53. The molecule has 1 N–H and O–H groups in total. The van der Waals surface area contributed by atoms with E-state index in [1.807, 2.05) is 19.2 Å². The maximum absolute atomic E-state index is 14.1. The molecule has 1 spiro atoms. The Morgan fingerprint density at radius 2 is 2.00 bits per heavy atom. The third-order valence-electron chi connectivity index (χ3n) is 7.30. The van der Waals surface area contributed by atoms with Gasteiger partial charge in [0.1, 0.15) is 5.82 Å². The number of rotatable bonds is 2. The second-order valence-electron chi connectivity index (χ2n) is 8.43. The Kier molecular flexibility index (Phi) is 4.26. The zero-order valence-electron chi connectivity index (χ0n) is 16.0. The van der Waals surface area contributed by atoms with E-state index in [4.69, 9.17) is 4.74 Å². The van der Waals surface area contributed by atoms with Crippen LogP contribution in [0.4, 0.5) is 10.1 Å². The number of hydrogen-bond donors (Lipinski definition) is 1. The van der Waals surface area contributed by atoms with Crippen molar-refractivity contribution in [2.24, 2.45) is 16.3 Å². The molecule has 5 nitrogen and oxygen atoms in total. The van der Waals surface area contributed by atoms with Gasteiger partial charge in [0, 0.05) is 57.2 Å². The largest absolute Gasteiger partial charge is 0.377 e. The fourth-order valence-corrected chi connectivity index (χ4v) is 5.76. The normalized spacial score (nSPS) is 32.1. The number of hydrogen-bond acceptors (Lipinski definition) is 3. The predicted molar refractivity (Wildman–Crippen MR) is 105 cm³/mol. The van der Waals surface area contributed by atoms with E-state index in [0.29, 0.717) is 29.2 Å². The molecular weight excluding hydrogens is 343 g/mol. The number of fused-ring (bicyclic) bond motifs is 2. The zero-order valence-corrected chi connectivity index (χ0v) is 16.0. The van der Waals surface area contributed by atoms with Crippen LogP contribution in [0.2, 0.25) is 0 Å². The number of para-hydroxylation sites is 1. The van der Waals surface area contributed by atoms with Crippen LogP contribution in [0.3, 0.4) is 0 Å². The number of halogens is 1. The summed E-state index contributed by atoms with van der Waals surface area (Å²) in [4.78, 5) is 9.05. The van der Waals surface area contributed by atoms with E-state index in [-0.39, 0.29) is 5.82 Å². The van der Waals surface area contributed by atoms with Gasteiger partial charge in [-0.25, -0.2) is 4.39 Å². The Bertz CT molecular complexity index is 727. The minimum absolute atomic E-state index is 0.137. The third kappa shape index (κ3) is 2.64. The van der Waals surface area contributed by atoms with Gasteiger partial charge in [-0.1, -0.05) is 18.6 Å². The maximum atomic E-state index is 14.1. The summed E-state index contributed by atoms with van der Waals surface area (Å²) in [5.74, 6) is 1.51. The molecule has 27 heavy (non-hydrogen) atoms. The minimum Gasteiger partial charge on any atom is -0.377 e. The number of anilines is 1. The molecule has 146 valence electrons. The minimum atomic E-state index is -0.137. The molecule has 3 atom stereocenters. The quantitative estimate of drug-likeness (QED) is 0.640. The van der Waals surface area contributed by atoms with Crippen molar-refractivity contribution in [3.8, 4) is 0 Å². The molecule has 0 aromatic heterocycles. The molecular formula is C21H29FN4O. The van der Waals surface area contributed by atoms with Crippen LogP contribution in [0, 0.1) is 17.2 Å². The zero-order chi connectivity index (χ0) is 18.4. The monoisotopic (exact) mass is 372 g/mol. The highest BCUT2D eigenvalue weighted by atomic mass is 19.1. The first-order chi connectivity index (χ1) is 13.2. The van der Waals surface area contributed by atoms with E-state index >= 15 is 0 Å². The lowest BCUT2D eigenvalue weighted by Crippen LogP contribution is -2.73. The first kappa shape index (κ1) is 17.3. The number of ether oxygens (including phenoxy) is 1. The van der Waals surface area contributed by atoms with Gasteiger partial charge in [-0.15, -0.1) is 0 Å². The summed E-state index contributed by atoms with van der Waals surface area (Å²) in [6, 6.07) is 7.56. The van der Waals surface area contributed by atoms with Gasteiger partial charge in [-0.3, -0.25) is 4.99 Å². The Morgan fingerprint density at radius 1 is 1.22 bits per heavy atom. The molecule has 2 aliphatic heterocycles. The molecule has 2 saturated carbocycles. The molecule has 0 radical (unpaired) electrons. The van der Waals surface area contributed by atoms with E-state index in [1.165, 1.54) is 31.7 Å². The fourth-order valence-electron chi connectivity index (χ4n) is 5.76.